The average molecular weight is 376 g/mol. The Balaban J connectivity index is 1.44. The Labute approximate surface area is 159 Å². The SMILES string of the molecule is Clc1cc(Nc2ncnc3cc[nH]c23)ccc1Oc1cccc2[nH]ccc12. The number of H-pyrrole nitrogens is 2. The highest BCUT2D eigenvalue weighted by Gasteiger charge is 2.10. The Morgan fingerprint density at radius 2 is 1.85 bits per heavy atom. The Bertz CT molecular complexity index is 1260. The standard InChI is InChI=1S/C20H14ClN5O/c21-14-10-12(26-20-19-16(7-9-23-19)24-11-25-20)4-5-18(14)27-17-3-1-2-15-13(17)6-8-22-15/h1-11,22-23H,(H,24,25,26). The molecule has 0 bridgehead atoms. The maximum atomic E-state index is 6.45. The topological polar surface area (TPSA) is 78.6 Å². The summed E-state index contributed by atoms with van der Waals surface area (Å²) in [6.07, 6.45) is 5.24. The van der Waals surface area contributed by atoms with Crippen LogP contribution in [0.1, 0.15) is 0 Å². The molecule has 132 valence electrons. The molecule has 3 N–H and O–H groups in total. The van der Waals surface area contributed by atoms with Crippen molar-refractivity contribution < 1.29 is 4.74 Å². The third-order valence-electron chi connectivity index (χ3n) is 4.31. The molecule has 3 aromatic heterocycles. The Kier molecular flexibility index (Phi) is 3.69. The van der Waals surface area contributed by atoms with Gasteiger partial charge in [0.2, 0.25) is 0 Å². The first-order chi connectivity index (χ1) is 13.3. The molecule has 27 heavy (non-hydrogen) atoms. The quantitative estimate of drug-likeness (QED) is 0.380. The van der Waals surface area contributed by atoms with E-state index >= 15 is 0 Å². The van der Waals surface area contributed by atoms with Crippen LogP contribution >= 0.6 is 11.6 Å². The number of anilines is 2. The van der Waals surface area contributed by atoms with Crippen molar-refractivity contribution in [1.82, 2.24) is 19.9 Å². The molecule has 0 atom stereocenters. The van der Waals surface area contributed by atoms with Crippen molar-refractivity contribution in [2.75, 3.05) is 5.32 Å². The first-order valence-corrected chi connectivity index (χ1v) is 8.74. The Morgan fingerprint density at radius 1 is 0.926 bits per heavy atom. The summed E-state index contributed by atoms with van der Waals surface area (Å²) < 4.78 is 6.03. The van der Waals surface area contributed by atoms with Crippen LogP contribution in [0.15, 0.2) is 67.3 Å². The van der Waals surface area contributed by atoms with E-state index in [1.165, 1.54) is 6.33 Å². The van der Waals surface area contributed by atoms with Gasteiger partial charge in [-0.3, -0.25) is 0 Å². The van der Waals surface area contributed by atoms with Crippen LogP contribution in [0.2, 0.25) is 5.02 Å². The van der Waals surface area contributed by atoms with E-state index < -0.39 is 0 Å². The van der Waals surface area contributed by atoms with Crippen LogP contribution in [0, 0.1) is 0 Å². The summed E-state index contributed by atoms with van der Waals surface area (Å²) >= 11 is 6.45. The molecule has 3 heterocycles. The van der Waals surface area contributed by atoms with Crippen LogP contribution in [0.5, 0.6) is 11.5 Å². The normalized spacial score (nSPS) is 11.1. The molecular weight excluding hydrogens is 362 g/mol. The molecule has 0 radical (unpaired) electrons. The zero-order valence-corrected chi connectivity index (χ0v) is 14.8. The lowest BCUT2D eigenvalue weighted by Gasteiger charge is -2.11. The molecule has 0 saturated heterocycles. The average Bonchev–Trinajstić information content (AvgIpc) is 3.34. The van der Waals surface area contributed by atoms with Gasteiger partial charge in [0.1, 0.15) is 23.3 Å². The van der Waals surface area contributed by atoms with E-state index in [9.17, 15) is 0 Å². The fourth-order valence-electron chi connectivity index (χ4n) is 3.03. The summed E-state index contributed by atoms with van der Waals surface area (Å²) in [5.74, 6) is 2.02. The molecule has 0 saturated carbocycles. The number of nitrogens with one attached hydrogen (secondary N) is 3. The fraction of sp³-hybridized carbons (Fsp3) is 0. The van der Waals surface area contributed by atoms with E-state index in [-0.39, 0.29) is 0 Å². The lowest BCUT2D eigenvalue weighted by atomic mass is 10.2. The molecule has 0 aliphatic heterocycles. The van der Waals surface area contributed by atoms with E-state index in [1.54, 1.807) is 0 Å². The number of hydrogen-bond donors (Lipinski definition) is 3. The lowest BCUT2D eigenvalue weighted by molar-refractivity contribution is 0.489. The molecule has 7 heteroatoms. The summed E-state index contributed by atoms with van der Waals surface area (Å²) in [4.78, 5) is 14.8. The first-order valence-electron chi connectivity index (χ1n) is 8.36. The fourth-order valence-corrected chi connectivity index (χ4v) is 3.25. The highest BCUT2D eigenvalue weighted by molar-refractivity contribution is 6.32. The number of hydrogen-bond acceptors (Lipinski definition) is 4. The number of aromatic nitrogens is 4. The van der Waals surface area contributed by atoms with Crippen molar-refractivity contribution in [3.05, 3.63) is 72.3 Å². The lowest BCUT2D eigenvalue weighted by Crippen LogP contribution is -1.96. The Hall–Kier alpha value is -3.51. The summed E-state index contributed by atoms with van der Waals surface area (Å²) in [7, 11) is 0. The van der Waals surface area contributed by atoms with Gasteiger partial charge in [-0.25, -0.2) is 9.97 Å². The van der Waals surface area contributed by atoms with Gasteiger partial charge in [-0.1, -0.05) is 17.7 Å². The predicted octanol–water partition coefficient (Wildman–Crippen LogP) is 5.63. The van der Waals surface area contributed by atoms with E-state index in [0.29, 0.717) is 16.6 Å². The second-order valence-electron chi connectivity index (χ2n) is 6.03. The molecule has 0 unspecified atom stereocenters. The second kappa shape index (κ2) is 6.34. The van der Waals surface area contributed by atoms with E-state index in [4.69, 9.17) is 16.3 Å². The van der Waals surface area contributed by atoms with Gasteiger partial charge in [-0.15, -0.1) is 0 Å². The monoisotopic (exact) mass is 375 g/mol. The maximum absolute atomic E-state index is 6.45. The number of aromatic amines is 2. The van der Waals surface area contributed by atoms with Gasteiger partial charge in [0.25, 0.3) is 0 Å². The van der Waals surface area contributed by atoms with Crippen molar-refractivity contribution >= 4 is 45.0 Å². The number of ether oxygens (including phenoxy) is 1. The largest absolute Gasteiger partial charge is 0.455 e. The minimum atomic E-state index is 0.504. The van der Waals surface area contributed by atoms with Crippen molar-refractivity contribution in [2.45, 2.75) is 0 Å². The summed E-state index contributed by atoms with van der Waals surface area (Å²) in [6, 6.07) is 15.3. The molecule has 0 spiro atoms. The molecule has 2 aromatic carbocycles. The second-order valence-corrected chi connectivity index (χ2v) is 6.43. The van der Waals surface area contributed by atoms with Gasteiger partial charge in [-0.05, 0) is 42.5 Å². The number of halogens is 1. The Morgan fingerprint density at radius 3 is 2.78 bits per heavy atom. The van der Waals surface area contributed by atoms with Crippen LogP contribution in [0.3, 0.4) is 0 Å². The minimum Gasteiger partial charge on any atom is -0.455 e. The zero-order valence-electron chi connectivity index (χ0n) is 14.0. The zero-order chi connectivity index (χ0) is 18.2. The predicted molar refractivity (Wildman–Crippen MR) is 107 cm³/mol. The molecule has 0 amide bonds. The van der Waals surface area contributed by atoms with E-state index in [1.807, 2.05) is 60.9 Å². The van der Waals surface area contributed by atoms with Gasteiger partial charge in [0.15, 0.2) is 5.82 Å². The smallest absolute Gasteiger partial charge is 0.158 e. The van der Waals surface area contributed by atoms with Crippen molar-refractivity contribution in [2.24, 2.45) is 0 Å². The molecule has 0 fully saturated rings. The molecular formula is C20H14ClN5O. The van der Waals surface area contributed by atoms with Crippen LogP contribution in [-0.2, 0) is 0 Å². The number of rotatable bonds is 4. The minimum absolute atomic E-state index is 0.504. The number of benzene rings is 2. The van der Waals surface area contributed by atoms with Gasteiger partial charge in [0, 0.05) is 29.0 Å². The summed E-state index contributed by atoms with van der Waals surface area (Å²) in [6.45, 7) is 0. The van der Waals surface area contributed by atoms with Crippen molar-refractivity contribution in [3.8, 4) is 11.5 Å². The van der Waals surface area contributed by atoms with E-state index in [2.05, 4.69) is 25.3 Å². The van der Waals surface area contributed by atoms with Crippen LogP contribution in [-0.4, -0.2) is 19.9 Å². The molecule has 0 aliphatic carbocycles. The summed E-state index contributed by atoms with van der Waals surface area (Å²) in [5, 5.41) is 4.77. The first kappa shape index (κ1) is 15.7. The number of nitrogens with zero attached hydrogens (tertiary/aromatic N) is 2. The highest BCUT2D eigenvalue weighted by atomic mass is 35.5. The third kappa shape index (κ3) is 2.86. The highest BCUT2D eigenvalue weighted by Crippen LogP contribution is 2.35. The van der Waals surface area contributed by atoms with Crippen LogP contribution in [0.25, 0.3) is 21.9 Å². The van der Waals surface area contributed by atoms with Gasteiger partial charge in [0.05, 0.1) is 10.5 Å². The van der Waals surface area contributed by atoms with Crippen LogP contribution < -0.4 is 10.1 Å². The maximum Gasteiger partial charge on any atom is 0.158 e. The van der Waals surface area contributed by atoms with Crippen molar-refractivity contribution in [3.63, 3.8) is 0 Å². The van der Waals surface area contributed by atoms with Gasteiger partial charge in [-0.2, -0.15) is 0 Å². The number of fused-ring (bicyclic) bond motifs is 2. The summed E-state index contributed by atoms with van der Waals surface area (Å²) in [5.41, 5.74) is 3.51. The van der Waals surface area contributed by atoms with Crippen LogP contribution in [0.4, 0.5) is 11.5 Å². The van der Waals surface area contributed by atoms with Gasteiger partial charge >= 0.3 is 0 Å². The van der Waals surface area contributed by atoms with Crippen molar-refractivity contribution in [1.29, 1.82) is 0 Å². The third-order valence-corrected chi connectivity index (χ3v) is 4.61. The molecule has 5 rings (SSSR count). The van der Waals surface area contributed by atoms with Gasteiger partial charge < -0.3 is 20.0 Å². The molecule has 0 aliphatic rings. The molecule has 6 nitrogen and oxygen atoms in total. The van der Waals surface area contributed by atoms with E-state index in [0.717, 1.165) is 33.4 Å². The molecule has 5 aromatic rings.